The first-order chi connectivity index (χ1) is 10.7. The molecule has 0 aliphatic heterocycles. The maximum absolute atomic E-state index is 6.09. The van der Waals surface area contributed by atoms with Crippen molar-refractivity contribution in [1.82, 2.24) is 29.7 Å². The van der Waals surface area contributed by atoms with Gasteiger partial charge in [0, 0.05) is 11.2 Å². The lowest BCUT2D eigenvalue weighted by Gasteiger charge is -2.06. The zero-order valence-corrected chi connectivity index (χ0v) is 12.5. The summed E-state index contributed by atoms with van der Waals surface area (Å²) >= 11 is 12.1. The van der Waals surface area contributed by atoms with Gasteiger partial charge < -0.3 is 4.98 Å². The minimum atomic E-state index is 0.519. The fourth-order valence-electron chi connectivity index (χ4n) is 2.23. The summed E-state index contributed by atoms with van der Waals surface area (Å²) in [7, 11) is 0. The summed E-state index contributed by atoms with van der Waals surface area (Å²) in [4.78, 5) is 12.2. The Bertz CT molecular complexity index is 961. The molecule has 0 saturated heterocycles. The summed E-state index contributed by atoms with van der Waals surface area (Å²) in [6, 6.07) is 7.27. The van der Waals surface area contributed by atoms with Gasteiger partial charge in [0.25, 0.3) is 0 Å². The SMILES string of the molecule is Clc1cnc(-n2cnnc2)c(-c2nc3ccc(Cl)cc3[nH]2)c1. The number of hydrogen-bond donors (Lipinski definition) is 1. The number of halogens is 2. The number of nitrogens with zero attached hydrogens (tertiary/aromatic N) is 5. The van der Waals surface area contributed by atoms with Gasteiger partial charge >= 0.3 is 0 Å². The molecule has 3 aromatic heterocycles. The van der Waals surface area contributed by atoms with E-state index in [1.807, 2.05) is 12.1 Å². The predicted octanol–water partition coefficient (Wildman–Crippen LogP) is 3.51. The molecule has 1 aromatic carbocycles. The molecule has 0 amide bonds. The van der Waals surface area contributed by atoms with E-state index < -0.39 is 0 Å². The van der Waals surface area contributed by atoms with Gasteiger partial charge in [-0.05, 0) is 24.3 Å². The van der Waals surface area contributed by atoms with Gasteiger partial charge in [-0.1, -0.05) is 23.2 Å². The van der Waals surface area contributed by atoms with Crippen LogP contribution in [0.4, 0.5) is 0 Å². The third-order valence-corrected chi connectivity index (χ3v) is 3.64. The van der Waals surface area contributed by atoms with E-state index in [9.17, 15) is 0 Å². The zero-order valence-electron chi connectivity index (χ0n) is 11.0. The first-order valence-corrected chi connectivity index (χ1v) is 7.12. The fourth-order valence-corrected chi connectivity index (χ4v) is 2.56. The number of benzene rings is 1. The maximum Gasteiger partial charge on any atom is 0.150 e. The largest absolute Gasteiger partial charge is 0.338 e. The Hall–Kier alpha value is -2.44. The number of fused-ring (bicyclic) bond motifs is 1. The lowest BCUT2D eigenvalue weighted by Crippen LogP contribution is -1.98. The van der Waals surface area contributed by atoms with Crippen LogP contribution in [0.5, 0.6) is 0 Å². The van der Waals surface area contributed by atoms with Crippen molar-refractivity contribution in [2.75, 3.05) is 0 Å². The lowest BCUT2D eigenvalue weighted by atomic mass is 10.2. The normalized spacial score (nSPS) is 11.2. The highest BCUT2D eigenvalue weighted by Crippen LogP contribution is 2.28. The van der Waals surface area contributed by atoms with E-state index >= 15 is 0 Å². The average molecular weight is 331 g/mol. The first-order valence-electron chi connectivity index (χ1n) is 6.37. The van der Waals surface area contributed by atoms with E-state index in [-0.39, 0.29) is 0 Å². The molecule has 0 bridgehead atoms. The maximum atomic E-state index is 6.09. The van der Waals surface area contributed by atoms with Gasteiger partial charge in [-0.25, -0.2) is 9.97 Å². The molecular formula is C14H8Cl2N6. The first kappa shape index (κ1) is 13.2. The van der Waals surface area contributed by atoms with Crippen molar-refractivity contribution in [2.45, 2.75) is 0 Å². The molecule has 108 valence electrons. The van der Waals surface area contributed by atoms with Crippen LogP contribution in [0.15, 0.2) is 43.1 Å². The van der Waals surface area contributed by atoms with Crippen LogP contribution in [0.2, 0.25) is 10.0 Å². The topological polar surface area (TPSA) is 72.3 Å². The molecule has 0 saturated carbocycles. The van der Waals surface area contributed by atoms with E-state index in [1.54, 1.807) is 35.6 Å². The number of imidazole rings is 1. The molecular weight excluding hydrogens is 323 g/mol. The summed E-state index contributed by atoms with van der Waals surface area (Å²) < 4.78 is 1.70. The van der Waals surface area contributed by atoms with Gasteiger partial charge in [-0.2, -0.15) is 0 Å². The molecule has 1 N–H and O–H groups in total. The monoisotopic (exact) mass is 330 g/mol. The number of hydrogen-bond acceptors (Lipinski definition) is 4. The van der Waals surface area contributed by atoms with E-state index in [4.69, 9.17) is 23.2 Å². The molecule has 0 radical (unpaired) electrons. The Balaban J connectivity index is 1.95. The standard InChI is InChI=1S/C14H8Cl2N6/c15-8-1-2-11-12(4-8)21-13(20-11)10-3-9(16)5-17-14(10)22-6-18-19-7-22/h1-7H,(H,20,21). The van der Waals surface area contributed by atoms with Crippen LogP contribution in [-0.4, -0.2) is 29.7 Å². The second-order valence-corrected chi connectivity index (χ2v) is 5.51. The number of pyridine rings is 1. The minimum absolute atomic E-state index is 0.519. The zero-order chi connectivity index (χ0) is 15.1. The van der Waals surface area contributed by atoms with Gasteiger partial charge in [-0.3, -0.25) is 4.57 Å². The molecule has 4 rings (SSSR count). The van der Waals surface area contributed by atoms with Crippen molar-refractivity contribution in [3.05, 3.63) is 53.2 Å². The number of aromatic nitrogens is 6. The summed E-state index contributed by atoms with van der Waals surface area (Å²) in [5, 5.41) is 8.77. The lowest BCUT2D eigenvalue weighted by molar-refractivity contribution is 0.989. The average Bonchev–Trinajstić information content (AvgIpc) is 3.15. The number of aromatic amines is 1. The van der Waals surface area contributed by atoms with E-state index in [1.165, 1.54) is 0 Å². The molecule has 22 heavy (non-hydrogen) atoms. The molecule has 4 aromatic rings. The fraction of sp³-hybridized carbons (Fsp3) is 0. The Morgan fingerprint density at radius 2 is 1.82 bits per heavy atom. The molecule has 0 fully saturated rings. The predicted molar refractivity (Wildman–Crippen MR) is 84.3 cm³/mol. The summed E-state index contributed by atoms with van der Waals surface area (Å²) in [5.74, 6) is 1.29. The number of H-pyrrole nitrogens is 1. The summed E-state index contributed by atoms with van der Waals surface area (Å²) in [6.45, 7) is 0. The Morgan fingerprint density at radius 1 is 1.00 bits per heavy atom. The van der Waals surface area contributed by atoms with Crippen LogP contribution < -0.4 is 0 Å². The van der Waals surface area contributed by atoms with Crippen molar-refractivity contribution in [2.24, 2.45) is 0 Å². The highest BCUT2D eigenvalue weighted by molar-refractivity contribution is 6.31. The molecule has 8 heteroatoms. The van der Waals surface area contributed by atoms with Gasteiger partial charge in [0.15, 0.2) is 0 Å². The summed E-state index contributed by atoms with van der Waals surface area (Å²) in [5.41, 5.74) is 2.41. The number of nitrogens with one attached hydrogen (secondary N) is 1. The van der Waals surface area contributed by atoms with Crippen LogP contribution in [0.3, 0.4) is 0 Å². The quantitative estimate of drug-likeness (QED) is 0.610. The van der Waals surface area contributed by atoms with Gasteiger partial charge in [0.2, 0.25) is 0 Å². The Labute approximate surface area is 134 Å². The molecule has 0 spiro atoms. The van der Waals surface area contributed by atoms with Crippen LogP contribution in [0.25, 0.3) is 28.2 Å². The van der Waals surface area contributed by atoms with E-state index in [0.717, 1.165) is 16.6 Å². The van der Waals surface area contributed by atoms with Gasteiger partial charge in [0.1, 0.15) is 24.3 Å². The third kappa shape index (κ3) is 2.22. The summed E-state index contributed by atoms with van der Waals surface area (Å²) in [6.07, 6.45) is 4.71. The smallest absolute Gasteiger partial charge is 0.150 e. The van der Waals surface area contributed by atoms with E-state index in [2.05, 4.69) is 25.1 Å². The van der Waals surface area contributed by atoms with Crippen LogP contribution >= 0.6 is 23.2 Å². The van der Waals surface area contributed by atoms with Crippen molar-refractivity contribution in [3.63, 3.8) is 0 Å². The third-order valence-electron chi connectivity index (χ3n) is 3.20. The molecule has 0 unspecified atom stereocenters. The van der Waals surface area contributed by atoms with Crippen LogP contribution in [-0.2, 0) is 0 Å². The minimum Gasteiger partial charge on any atom is -0.338 e. The molecule has 3 heterocycles. The van der Waals surface area contributed by atoms with Crippen LogP contribution in [0, 0.1) is 0 Å². The molecule has 0 aliphatic carbocycles. The Kier molecular flexibility index (Phi) is 3.06. The van der Waals surface area contributed by atoms with Gasteiger partial charge in [-0.15, -0.1) is 10.2 Å². The second kappa shape index (κ2) is 5.08. The molecule has 6 nitrogen and oxygen atoms in total. The van der Waals surface area contributed by atoms with Crippen molar-refractivity contribution < 1.29 is 0 Å². The Morgan fingerprint density at radius 3 is 2.64 bits per heavy atom. The second-order valence-electron chi connectivity index (χ2n) is 4.64. The number of rotatable bonds is 2. The van der Waals surface area contributed by atoms with E-state index in [0.29, 0.717) is 21.7 Å². The molecule has 0 aliphatic rings. The highest BCUT2D eigenvalue weighted by Gasteiger charge is 2.14. The van der Waals surface area contributed by atoms with Crippen LogP contribution in [0.1, 0.15) is 0 Å². The van der Waals surface area contributed by atoms with Crippen molar-refractivity contribution >= 4 is 34.2 Å². The van der Waals surface area contributed by atoms with Crippen molar-refractivity contribution in [1.29, 1.82) is 0 Å². The highest BCUT2D eigenvalue weighted by atomic mass is 35.5. The molecule has 0 atom stereocenters. The van der Waals surface area contributed by atoms with Crippen molar-refractivity contribution in [3.8, 4) is 17.2 Å². The van der Waals surface area contributed by atoms with Gasteiger partial charge in [0.05, 0.1) is 21.6 Å².